The first kappa shape index (κ1) is 17.1. The van der Waals surface area contributed by atoms with Crippen LogP contribution in [0, 0.1) is 13.8 Å². The number of nitrogens with zero attached hydrogens (tertiary/aromatic N) is 2. The van der Waals surface area contributed by atoms with Crippen molar-refractivity contribution < 1.29 is 9.59 Å². The summed E-state index contributed by atoms with van der Waals surface area (Å²) in [5, 5.41) is 9.16. The Labute approximate surface area is 150 Å². The number of ketones is 1. The summed E-state index contributed by atoms with van der Waals surface area (Å²) in [7, 11) is 0. The van der Waals surface area contributed by atoms with E-state index in [4.69, 9.17) is 0 Å². The minimum absolute atomic E-state index is 0.00143. The molecular formula is C19H19N3O2S. The fourth-order valence-electron chi connectivity index (χ4n) is 2.62. The first-order chi connectivity index (χ1) is 12.0. The molecule has 0 saturated heterocycles. The zero-order valence-electron chi connectivity index (χ0n) is 14.2. The van der Waals surface area contributed by atoms with Gasteiger partial charge in [-0.25, -0.2) is 4.68 Å². The van der Waals surface area contributed by atoms with Gasteiger partial charge in [-0.15, -0.1) is 11.3 Å². The third-order valence-electron chi connectivity index (χ3n) is 3.76. The van der Waals surface area contributed by atoms with Crippen LogP contribution in [0.3, 0.4) is 0 Å². The summed E-state index contributed by atoms with van der Waals surface area (Å²) >= 11 is 1.40. The summed E-state index contributed by atoms with van der Waals surface area (Å²) in [5.74, 6) is -0.169. The molecule has 3 rings (SSSR count). The van der Waals surface area contributed by atoms with E-state index < -0.39 is 0 Å². The SMILES string of the molecule is Cc1cc(C)n(-c2cccc(NC(=O)CCC(=O)c3cccs3)c2)n1. The van der Waals surface area contributed by atoms with Crippen LogP contribution in [0.2, 0.25) is 0 Å². The standard InChI is InChI=1S/C19H19N3O2S/c1-13-11-14(2)22(21-13)16-6-3-5-15(12-16)20-19(24)9-8-17(23)18-7-4-10-25-18/h3-7,10-12H,8-9H2,1-2H3,(H,20,24). The molecule has 2 heterocycles. The highest BCUT2D eigenvalue weighted by molar-refractivity contribution is 7.12. The fraction of sp³-hybridized carbons (Fsp3) is 0.211. The van der Waals surface area contributed by atoms with E-state index in [1.54, 1.807) is 6.07 Å². The molecule has 25 heavy (non-hydrogen) atoms. The van der Waals surface area contributed by atoms with Gasteiger partial charge < -0.3 is 5.32 Å². The zero-order chi connectivity index (χ0) is 17.8. The van der Waals surface area contributed by atoms with Gasteiger partial charge in [0, 0.05) is 24.2 Å². The topological polar surface area (TPSA) is 64.0 Å². The Morgan fingerprint density at radius 3 is 2.64 bits per heavy atom. The first-order valence-electron chi connectivity index (χ1n) is 8.03. The van der Waals surface area contributed by atoms with Gasteiger partial charge in [0.1, 0.15) is 0 Å². The van der Waals surface area contributed by atoms with Gasteiger partial charge in [0.15, 0.2) is 5.78 Å². The Balaban J connectivity index is 1.63. The lowest BCUT2D eigenvalue weighted by Crippen LogP contribution is -2.13. The number of thiophene rings is 1. The van der Waals surface area contributed by atoms with Gasteiger partial charge in [0.2, 0.25) is 5.91 Å². The maximum absolute atomic E-state index is 12.1. The minimum Gasteiger partial charge on any atom is -0.326 e. The number of aromatic nitrogens is 2. The number of amides is 1. The lowest BCUT2D eigenvalue weighted by Gasteiger charge is -2.09. The molecule has 0 aliphatic carbocycles. The van der Waals surface area contributed by atoms with E-state index in [9.17, 15) is 9.59 Å². The molecule has 0 radical (unpaired) electrons. The van der Waals surface area contributed by atoms with E-state index in [2.05, 4.69) is 10.4 Å². The first-order valence-corrected chi connectivity index (χ1v) is 8.91. The second-order valence-electron chi connectivity index (χ2n) is 5.84. The third-order valence-corrected chi connectivity index (χ3v) is 4.67. The number of rotatable bonds is 6. The molecule has 0 spiro atoms. The average Bonchev–Trinajstić information content (AvgIpc) is 3.22. The Hall–Kier alpha value is -2.73. The van der Waals surface area contributed by atoms with Crippen molar-refractivity contribution in [2.24, 2.45) is 0 Å². The van der Waals surface area contributed by atoms with Crippen molar-refractivity contribution in [2.75, 3.05) is 5.32 Å². The summed E-state index contributed by atoms with van der Waals surface area (Å²) in [6, 6.07) is 13.1. The number of aryl methyl sites for hydroxylation is 2. The van der Waals surface area contributed by atoms with Crippen molar-refractivity contribution in [2.45, 2.75) is 26.7 Å². The monoisotopic (exact) mass is 353 g/mol. The van der Waals surface area contributed by atoms with Crippen molar-refractivity contribution in [1.82, 2.24) is 9.78 Å². The van der Waals surface area contributed by atoms with E-state index in [0.29, 0.717) is 10.6 Å². The number of Topliss-reactive ketones (excluding diaryl/α,β-unsaturated/α-hetero) is 1. The molecule has 0 aliphatic heterocycles. The molecule has 0 bridgehead atoms. The van der Waals surface area contributed by atoms with E-state index in [1.807, 2.05) is 60.3 Å². The number of anilines is 1. The van der Waals surface area contributed by atoms with Crippen molar-refractivity contribution in [3.05, 3.63) is 64.1 Å². The highest BCUT2D eigenvalue weighted by Gasteiger charge is 2.11. The number of nitrogens with one attached hydrogen (secondary N) is 1. The van der Waals surface area contributed by atoms with E-state index in [0.717, 1.165) is 17.1 Å². The van der Waals surface area contributed by atoms with E-state index in [-0.39, 0.29) is 24.5 Å². The maximum atomic E-state index is 12.1. The summed E-state index contributed by atoms with van der Waals surface area (Å²) in [6.45, 7) is 3.93. The predicted octanol–water partition coefficient (Wildman–Crippen LogP) is 4.15. The van der Waals surface area contributed by atoms with Crippen LogP contribution in [0.15, 0.2) is 47.8 Å². The Morgan fingerprint density at radius 1 is 1.12 bits per heavy atom. The van der Waals surface area contributed by atoms with Crippen LogP contribution in [0.25, 0.3) is 5.69 Å². The molecule has 0 atom stereocenters. The van der Waals surface area contributed by atoms with Crippen LogP contribution in [-0.4, -0.2) is 21.5 Å². The summed E-state index contributed by atoms with van der Waals surface area (Å²) in [6.07, 6.45) is 0.379. The largest absolute Gasteiger partial charge is 0.326 e. The van der Waals surface area contributed by atoms with Crippen molar-refractivity contribution in [3.63, 3.8) is 0 Å². The molecule has 5 nitrogen and oxygen atoms in total. The normalized spacial score (nSPS) is 10.6. The lowest BCUT2D eigenvalue weighted by molar-refractivity contribution is -0.116. The van der Waals surface area contributed by atoms with E-state index in [1.165, 1.54) is 11.3 Å². The molecule has 0 saturated carbocycles. The quantitative estimate of drug-likeness (QED) is 0.677. The van der Waals surface area contributed by atoms with Gasteiger partial charge in [-0.1, -0.05) is 12.1 Å². The molecule has 1 aromatic carbocycles. The summed E-state index contributed by atoms with van der Waals surface area (Å²) in [4.78, 5) is 24.8. The van der Waals surface area contributed by atoms with Crippen LogP contribution in [0.4, 0.5) is 5.69 Å². The van der Waals surface area contributed by atoms with Crippen molar-refractivity contribution >= 4 is 28.7 Å². The molecule has 0 unspecified atom stereocenters. The minimum atomic E-state index is -0.171. The smallest absolute Gasteiger partial charge is 0.224 e. The molecule has 128 valence electrons. The number of benzene rings is 1. The van der Waals surface area contributed by atoms with Crippen LogP contribution in [-0.2, 0) is 4.79 Å². The Bertz CT molecular complexity index is 897. The number of hydrogen-bond acceptors (Lipinski definition) is 4. The van der Waals surface area contributed by atoms with Crippen LogP contribution < -0.4 is 5.32 Å². The second-order valence-corrected chi connectivity index (χ2v) is 6.79. The van der Waals surface area contributed by atoms with Gasteiger partial charge in [-0.3, -0.25) is 9.59 Å². The Kier molecular flexibility index (Phi) is 5.09. The zero-order valence-corrected chi connectivity index (χ0v) is 15.0. The van der Waals surface area contributed by atoms with Crippen LogP contribution >= 0.6 is 11.3 Å². The molecule has 2 aromatic heterocycles. The predicted molar refractivity (Wildman–Crippen MR) is 99.6 cm³/mol. The van der Waals surface area contributed by atoms with Crippen molar-refractivity contribution in [3.8, 4) is 5.69 Å². The van der Waals surface area contributed by atoms with Crippen LogP contribution in [0.5, 0.6) is 0 Å². The average molecular weight is 353 g/mol. The molecule has 1 amide bonds. The van der Waals surface area contributed by atoms with Gasteiger partial charge in [-0.2, -0.15) is 5.10 Å². The molecule has 3 aromatic rings. The van der Waals surface area contributed by atoms with Crippen LogP contribution in [0.1, 0.15) is 33.9 Å². The van der Waals surface area contributed by atoms with E-state index >= 15 is 0 Å². The molecule has 0 fully saturated rings. The van der Waals surface area contributed by atoms with Gasteiger partial charge >= 0.3 is 0 Å². The molecular weight excluding hydrogens is 334 g/mol. The fourth-order valence-corrected chi connectivity index (χ4v) is 3.31. The molecule has 6 heteroatoms. The molecule has 0 aliphatic rings. The van der Waals surface area contributed by atoms with Gasteiger partial charge in [0.05, 0.1) is 16.3 Å². The van der Waals surface area contributed by atoms with Crippen molar-refractivity contribution in [1.29, 1.82) is 0 Å². The summed E-state index contributed by atoms with van der Waals surface area (Å²) < 4.78 is 1.84. The number of carbonyl (C=O) groups is 2. The molecule has 1 N–H and O–H groups in total. The number of carbonyl (C=O) groups excluding carboxylic acids is 2. The summed E-state index contributed by atoms with van der Waals surface area (Å²) in [5.41, 5.74) is 3.55. The maximum Gasteiger partial charge on any atom is 0.224 e. The van der Waals surface area contributed by atoms with Gasteiger partial charge in [0.25, 0.3) is 0 Å². The number of hydrogen-bond donors (Lipinski definition) is 1. The third kappa shape index (κ3) is 4.22. The second kappa shape index (κ2) is 7.44. The van der Waals surface area contributed by atoms with Gasteiger partial charge in [-0.05, 0) is 49.6 Å². The Morgan fingerprint density at radius 2 is 1.96 bits per heavy atom. The lowest BCUT2D eigenvalue weighted by atomic mass is 10.2. The highest BCUT2D eigenvalue weighted by Crippen LogP contribution is 2.18. The highest BCUT2D eigenvalue weighted by atomic mass is 32.1.